The first-order valence-corrected chi connectivity index (χ1v) is 6.51. The zero-order valence-electron chi connectivity index (χ0n) is 8.92. The van der Waals surface area contributed by atoms with Gasteiger partial charge in [0.1, 0.15) is 3.53 Å². The Morgan fingerprint density at radius 3 is 2.31 bits per heavy atom. The Morgan fingerprint density at radius 1 is 1.44 bits per heavy atom. The summed E-state index contributed by atoms with van der Waals surface area (Å²) < 4.78 is 0.703. The fourth-order valence-corrected chi connectivity index (χ4v) is 1.57. The number of thiocarbonyl (C=S) groups is 1. The molecule has 1 aromatic carbocycles. The van der Waals surface area contributed by atoms with Crippen LogP contribution in [-0.4, -0.2) is 14.6 Å². The van der Waals surface area contributed by atoms with Crippen molar-refractivity contribution in [2.24, 2.45) is 0 Å². The van der Waals surface area contributed by atoms with E-state index in [1.807, 2.05) is 18.2 Å². The number of hydrogen-bond acceptors (Lipinski definition) is 3. The number of thioether (sulfide) groups is 1. The van der Waals surface area contributed by atoms with Crippen LogP contribution in [-0.2, 0) is 10.5 Å². The summed E-state index contributed by atoms with van der Waals surface area (Å²) >= 11 is 10.4. The first-order valence-electron chi connectivity index (χ1n) is 4.67. The number of thiol groups is 1. The SMILES string of the molecule is CCC(=O)O.S=C(S)SCc1ccccc1. The maximum absolute atomic E-state index is 9.37. The summed E-state index contributed by atoms with van der Waals surface area (Å²) in [5, 5.41) is 7.72. The van der Waals surface area contributed by atoms with Crippen molar-refractivity contribution in [1.82, 2.24) is 0 Å². The van der Waals surface area contributed by atoms with Crippen molar-refractivity contribution in [3.63, 3.8) is 0 Å². The van der Waals surface area contributed by atoms with Crippen LogP contribution in [0.5, 0.6) is 0 Å². The van der Waals surface area contributed by atoms with Gasteiger partial charge < -0.3 is 5.11 Å². The molecule has 0 amide bonds. The lowest BCUT2D eigenvalue weighted by Crippen LogP contribution is -1.86. The average molecular weight is 274 g/mol. The van der Waals surface area contributed by atoms with Crippen molar-refractivity contribution in [3.8, 4) is 0 Å². The van der Waals surface area contributed by atoms with E-state index in [0.29, 0.717) is 3.53 Å². The van der Waals surface area contributed by atoms with E-state index >= 15 is 0 Å². The van der Waals surface area contributed by atoms with E-state index in [9.17, 15) is 4.79 Å². The normalized spacial score (nSPS) is 8.88. The fourth-order valence-electron chi connectivity index (χ4n) is 0.719. The van der Waals surface area contributed by atoms with E-state index in [0.717, 1.165) is 5.75 Å². The number of carbonyl (C=O) groups is 1. The van der Waals surface area contributed by atoms with E-state index < -0.39 is 5.97 Å². The quantitative estimate of drug-likeness (QED) is 0.652. The lowest BCUT2D eigenvalue weighted by Gasteiger charge is -1.97. The van der Waals surface area contributed by atoms with Crippen LogP contribution < -0.4 is 0 Å². The molecule has 1 N–H and O–H groups in total. The predicted octanol–water partition coefficient (Wildman–Crippen LogP) is 3.62. The molecule has 0 bridgehead atoms. The maximum atomic E-state index is 9.37. The second kappa shape index (κ2) is 9.69. The van der Waals surface area contributed by atoms with Crippen molar-refractivity contribution in [2.45, 2.75) is 19.1 Å². The van der Waals surface area contributed by atoms with E-state index in [4.69, 9.17) is 17.3 Å². The fraction of sp³-hybridized carbons (Fsp3) is 0.273. The van der Waals surface area contributed by atoms with Crippen molar-refractivity contribution in [2.75, 3.05) is 0 Å². The predicted molar refractivity (Wildman–Crippen MR) is 77.2 cm³/mol. The molecule has 0 aliphatic carbocycles. The topological polar surface area (TPSA) is 37.3 Å². The zero-order chi connectivity index (χ0) is 12.4. The molecule has 16 heavy (non-hydrogen) atoms. The molecule has 5 heteroatoms. The van der Waals surface area contributed by atoms with E-state index in [2.05, 4.69) is 24.8 Å². The smallest absolute Gasteiger partial charge is 0.303 e. The Hall–Kier alpha value is -0.520. The molecule has 0 aliphatic heterocycles. The number of hydrogen-bond donors (Lipinski definition) is 2. The van der Waals surface area contributed by atoms with Gasteiger partial charge in [-0.2, -0.15) is 0 Å². The molecule has 0 spiro atoms. The van der Waals surface area contributed by atoms with Gasteiger partial charge in [-0.3, -0.25) is 4.79 Å². The highest BCUT2D eigenvalue weighted by Gasteiger charge is 1.92. The maximum Gasteiger partial charge on any atom is 0.303 e. The lowest BCUT2D eigenvalue weighted by atomic mass is 10.2. The van der Waals surface area contributed by atoms with Crippen molar-refractivity contribution >= 4 is 46.1 Å². The van der Waals surface area contributed by atoms with Gasteiger partial charge in [-0.05, 0) is 5.56 Å². The van der Waals surface area contributed by atoms with Crippen molar-refractivity contribution in [3.05, 3.63) is 35.9 Å². The summed E-state index contributed by atoms with van der Waals surface area (Å²) in [5.74, 6) is 0.174. The summed E-state index contributed by atoms with van der Waals surface area (Å²) in [7, 11) is 0. The van der Waals surface area contributed by atoms with E-state index in [1.165, 1.54) is 5.56 Å². The number of aliphatic carboxylic acids is 1. The van der Waals surface area contributed by atoms with Gasteiger partial charge >= 0.3 is 5.97 Å². The number of carboxylic acids is 1. The Labute approximate surface area is 111 Å². The van der Waals surface area contributed by atoms with Crippen LogP contribution in [0.2, 0.25) is 0 Å². The van der Waals surface area contributed by atoms with Crippen LogP contribution in [0, 0.1) is 0 Å². The highest BCUT2D eigenvalue weighted by Crippen LogP contribution is 2.14. The van der Waals surface area contributed by atoms with Gasteiger partial charge in [0.15, 0.2) is 0 Å². The van der Waals surface area contributed by atoms with Gasteiger partial charge in [0.2, 0.25) is 0 Å². The Morgan fingerprint density at radius 2 is 1.94 bits per heavy atom. The second-order valence-electron chi connectivity index (χ2n) is 2.79. The van der Waals surface area contributed by atoms with Crippen molar-refractivity contribution in [1.29, 1.82) is 0 Å². The first kappa shape index (κ1) is 15.5. The molecular formula is C11H14O2S3. The van der Waals surface area contributed by atoms with Gasteiger partial charge in [0.25, 0.3) is 0 Å². The summed E-state index contributed by atoms with van der Waals surface area (Å²) in [6.45, 7) is 1.60. The molecule has 1 rings (SSSR count). The molecule has 88 valence electrons. The van der Waals surface area contributed by atoms with Crippen molar-refractivity contribution < 1.29 is 9.90 Å². The third kappa shape index (κ3) is 10.0. The summed E-state index contributed by atoms with van der Waals surface area (Å²) in [4.78, 5) is 9.37. The van der Waals surface area contributed by atoms with Gasteiger partial charge in [0, 0.05) is 12.2 Å². The number of benzene rings is 1. The van der Waals surface area contributed by atoms with Crippen LogP contribution >= 0.6 is 36.6 Å². The molecule has 0 radical (unpaired) electrons. The summed E-state index contributed by atoms with van der Waals surface area (Å²) in [6.07, 6.45) is 0.222. The van der Waals surface area contributed by atoms with Gasteiger partial charge in [-0.1, -0.05) is 49.5 Å². The van der Waals surface area contributed by atoms with E-state index in [-0.39, 0.29) is 6.42 Å². The zero-order valence-corrected chi connectivity index (χ0v) is 11.4. The highest BCUT2D eigenvalue weighted by molar-refractivity contribution is 8.41. The molecule has 0 saturated carbocycles. The van der Waals surface area contributed by atoms with Crippen LogP contribution in [0.15, 0.2) is 30.3 Å². The molecule has 0 fully saturated rings. The molecule has 0 atom stereocenters. The monoisotopic (exact) mass is 274 g/mol. The van der Waals surface area contributed by atoms with Crippen LogP contribution in [0.1, 0.15) is 18.9 Å². The Balaban J connectivity index is 0.000000385. The molecule has 0 heterocycles. The molecule has 2 nitrogen and oxygen atoms in total. The molecule has 1 aromatic rings. The first-order chi connectivity index (χ1) is 7.56. The van der Waals surface area contributed by atoms with Gasteiger partial charge in [-0.25, -0.2) is 0 Å². The lowest BCUT2D eigenvalue weighted by molar-refractivity contribution is -0.136. The molecule has 0 aliphatic rings. The average Bonchev–Trinajstić information content (AvgIpc) is 2.28. The Kier molecular flexibility index (Phi) is 9.37. The second-order valence-corrected chi connectivity index (χ2v) is 5.49. The molecule has 0 aromatic heterocycles. The molecular weight excluding hydrogens is 260 g/mol. The van der Waals surface area contributed by atoms with Crippen LogP contribution in [0.25, 0.3) is 0 Å². The Bertz CT molecular complexity index is 325. The third-order valence-electron chi connectivity index (χ3n) is 1.51. The minimum absolute atomic E-state index is 0.222. The minimum Gasteiger partial charge on any atom is -0.481 e. The minimum atomic E-state index is -0.745. The molecule has 0 saturated heterocycles. The number of rotatable bonds is 3. The number of carboxylic acid groups (broad SMARTS) is 1. The largest absolute Gasteiger partial charge is 0.481 e. The standard InChI is InChI=1S/C8H8S3.C3H6O2/c9-8(10)11-6-7-4-2-1-3-5-7;1-2-3(4)5/h1-5H,6H2,(H,9,10);2H2,1H3,(H,4,5). The van der Waals surface area contributed by atoms with Crippen LogP contribution in [0.4, 0.5) is 0 Å². The van der Waals surface area contributed by atoms with Gasteiger partial charge in [0.05, 0.1) is 0 Å². The van der Waals surface area contributed by atoms with Crippen LogP contribution in [0.3, 0.4) is 0 Å². The third-order valence-corrected chi connectivity index (χ3v) is 2.97. The highest BCUT2D eigenvalue weighted by atomic mass is 32.2. The van der Waals surface area contributed by atoms with Gasteiger partial charge in [-0.15, -0.1) is 24.4 Å². The molecule has 0 unspecified atom stereocenters. The summed E-state index contributed by atoms with van der Waals surface area (Å²) in [6, 6.07) is 10.2. The van der Waals surface area contributed by atoms with E-state index in [1.54, 1.807) is 18.7 Å². The summed E-state index contributed by atoms with van der Waals surface area (Å²) in [5.41, 5.74) is 1.29.